The molecule has 0 radical (unpaired) electrons. The molecule has 0 spiro atoms. The lowest BCUT2D eigenvalue weighted by atomic mass is 10.4. The van der Waals surface area contributed by atoms with E-state index in [9.17, 15) is 0 Å². The van der Waals surface area contributed by atoms with Crippen LogP contribution in [0.4, 0.5) is 0 Å². The highest BCUT2D eigenvalue weighted by Crippen LogP contribution is 1.84. The Morgan fingerprint density at radius 3 is 2.43 bits per heavy atom. The summed E-state index contributed by atoms with van der Waals surface area (Å²) in [6.07, 6.45) is 2.32. The molecule has 1 N–H and O–H groups in total. The maximum absolute atomic E-state index is 5.42. The summed E-state index contributed by atoms with van der Waals surface area (Å²) in [6, 6.07) is 0. The Bertz CT molecular complexity index is 97.5. The molecule has 14 heavy (non-hydrogen) atoms. The number of likely N-dealkylation sites (N-methyl/N-ethyl adjacent to an activating group) is 1. The summed E-state index contributed by atoms with van der Waals surface area (Å²) < 4.78 is 5.42. The van der Waals surface area contributed by atoms with Gasteiger partial charge in [0.05, 0.1) is 6.61 Å². The molecule has 0 amide bonds. The third-order valence-corrected chi connectivity index (χ3v) is 2.06. The van der Waals surface area contributed by atoms with E-state index in [1.54, 1.807) is 0 Å². The Balaban J connectivity index is 3.07. The van der Waals surface area contributed by atoms with Gasteiger partial charge in [0.2, 0.25) is 0 Å². The Kier molecular flexibility index (Phi) is 10.9. The SMILES string of the molecule is CCCNCCN(C)CCOCCC. The average Bonchev–Trinajstić information content (AvgIpc) is 2.19. The molecule has 0 aliphatic carbocycles. The zero-order valence-corrected chi connectivity index (χ0v) is 10.0. The molecule has 0 unspecified atom stereocenters. The molecule has 86 valence electrons. The summed E-state index contributed by atoms with van der Waals surface area (Å²) in [7, 11) is 2.14. The molecule has 3 nitrogen and oxygen atoms in total. The summed E-state index contributed by atoms with van der Waals surface area (Å²) in [4.78, 5) is 2.30. The fourth-order valence-electron chi connectivity index (χ4n) is 1.15. The second-order valence-electron chi connectivity index (χ2n) is 3.67. The molecule has 0 heterocycles. The number of nitrogens with zero attached hydrogens (tertiary/aromatic N) is 1. The van der Waals surface area contributed by atoms with Gasteiger partial charge >= 0.3 is 0 Å². The van der Waals surface area contributed by atoms with E-state index in [0.717, 1.165) is 45.8 Å². The lowest BCUT2D eigenvalue weighted by Gasteiger charge is -2.16. The lowest BCUT2D eigenvalue weighted by Crippen LogP contribution is -2.31. The Hall–Kier alpha value is -0.120. The Morgan fingerprint density at radius 1 is 1.00 bits per heavy atom. The van der Waals surface area contributed by atoms with Crippen LogP contribution in [0.5, 0.6) is 0 Å². The fourth-order valence-corrected chi connectivity index (χ4v) is 1.15. The Labute approximate surface area is 88.8 Å². The zero-order valence-electron chi connectivity index (χ0n) is 10.0. The van der Waals surface area contributed by atoms with E-state index < -0.39 is 0 Å². The van der Waals surface area contributed by atoms with Gasteiger partial charge in [-0.1, -0.05) is 13.8 Å². The van der Waals surface area contributed by atoms with Crippen molar-refractivity contribution in [3.05, 3.63) is 0 Å². The van der Waals surface area contributed by atoms with Gasteiger partial charge in [0, 0.05) is 26.2 Å². The van der Waals surface area contributed by atoms with Crippen molar-refractivity contribution in [3.63, 3.8) is 0 Å². The van der Waals surface area contributed by atoms with E-state index in [1.165, 1.54) is 6.42 Å². The van der Waals surface area contributed by atoms with Gasteiger partial charge in [-0.25, -0.2) is 0 Å². The highest BCUT2D eigenvalue weighted by atomic mass is 16.5. The van der Waals surface area contributed by atoms with E-state index >= 15 is 0 Å². The second kappa shape index (κ2) is 11.0. The first-order valence-corrected chi connectivity index (χ1v) is 5.78. The highest BCUT2D eigenvalue weighted by Gasteiger charge is 1.96. The predicted octanol–water partition coefficient (Wildman–Crippen LogP) is 1.34. The maximum Gasteiger partial charge on any atom is 0.0593 e. The van der Waals surface area contributed by atoms with Crippen LogP contribution in [0, 0.1) is 0 Å². The van der Waals surface area contributed by atoms with Crippen molar-refractivity contribution in [1.82, 2.24) is 10.2 Å². The molecule has 0 atom stereocenters. The quantitative estimate of drug-likeness (QED) is 0.541. The third-order valence-electron chi connectivity index (χ3n) is 2.06. The van der Waals surface area contributed by atoms with Crippen molar-refractivity contribution in [3.8, 4) is 0 Å². The standard InChI is InChI=1S/C11H26N2O/c1-4-6-12-7-8-13(3)9-11-14-10-5-2/h12H,4-11H2,1-3H3. The van der Waals surface area contributed by atoms with Crippen molar-refractivity contribution in [2.24, 2.45) is 0 Å². The molecular formula is C11H26N2O. The van der Waals surface area contributed by atoms with Crippen LogP contribution in [0.1, 0.15) is 26.7 Å². The van der Waals surface area contributed by atoms with Gasteiger partial charge in [-0.05, 0) is 26.4 Å². The second-order valence-corrected chi connectivity index (χ2v) is 3.67. The van der Waals surface area contributed by atoms with Crippen molar-refractivity contribution >= 4 is 0 Å². The molecule has 0 aromatic rings. The summed E-state index contributed by atoms with van der Waals surface area (Å²) in [6.45, 7) is 10.4. The summed E-state index contributed by atoms with van der Waals surface area (Å²) in [5, 5.41) is 3.39. The van der Waals surface area contributed by atoms with E-state index in [-0.39, 0.29) is 0 Å². The van der Waals surface area contributed by atoms with Gasteiger partial charge in [-0.2, -0.15) is 0 Å². The van der Waals surface area contributed by atoms with Gasteiger partial charge < -0.3 is 15.0 Å². The topological polar surface area (TPSA) is 24.5 Å². The van der Waals surface area contributed by atoms with Crippen molar-refractivity contribution in [2.45, 2.75) is 26.7 Å². The first-order valence-electron chi connectivity index (χ1n) is 5.78. The van der Waals surface area contributed by atoms with Crippen LogP contribution < -0.4 is 5.32 Å². The number of rotatable bonds is 10. The molecule has 0 aromatic heterocycles. The van der Waals surface area contributed by atoms with E-state index in [4.69, 9.17) is 4.74 Å². The minimum absolute atomic E-state index is 0.859. The molecule has 0 saturated carbocycles. The van der Waals surface area contributed by atoms with Gasteiger partial charge in [-0.15, -0.1) is 0 Å². The van der Waals surface area contributed by atoms with E-state index in [2.05, 4.69) is 31.1 Å². The predicted molar refractivity (Wildman–Crippen MR) is 61.8 cm³/mol. The monoisotopic (exact) mass is 202 g/mol. The molecule has 0 rings (SSSR count). The molecule has 0 saturated heterocycles. The molecule has 0 aliphatic heterocycles. The van der Waals surface area contributed by atoms with Gasteiger partial charge in [0.25, 0.3) is 0 Å². The largest absolute Gasteiger partial charge is 0.380 e. The minimum atomic E-state index is 0.859. The maximum atomic E-state index is 5.42. The van der Waals surface area contributed by atoms with Crippen molar-refractivity contribution in [2.75, 3.05) is 46.4 Å². The number of hydrogen-bond acceptors (Lipinski definition) is 3. The smallest absolute Gasteiger partial charge is 0.0593 e. The molecule has 0 aromatic carbocycles. The molecule has 0 aliphatic rings. The first kappa shape index (κ1) is 13.9. The van der Waals surface area contributed by atoms with Crippen molar-refractivity contribution < 1.29 is 4.74 Å². The molecule has 0 bridgehead atoms. The van der Waals surface area contributed by atoms with Crippen LogP contribution >= 0.6 is 0 Å². The lowest BCUT2D eigenvalue weighted by molar-refractivity contribution is 0.112. The van der Waals surface area contributed by atoms with Crippen LogP contribution in [0.2, 0.25) is 0 Å². The molecular weight excluding hydrogens is 176 g/mol. The van der Waals surface area contributed by atoms with Gasteiger partial charge in [0.1, 0.15) is 0 Å². The highest BCUT2D eigenvalue weighted by molar-refractivity contribution is 4.53. The minimum Gasteiger partial charge on any atom is -0.380 e. The van der Waals surface area contributed by atoms with Gasteiger partial charge in [-0.3, -0.25) is 0 Å². The Morgan fingerprint density at radius 2 is 1.79 bits per heavy atom. The normalized spacial score (nSPS) is 11.1. The average molecular weight is 202 g/mol. The molecule has 3 heteroatoms. The summed E-state index contributed by atoms with van der Waals surface area (Å²) in [5.74, 6) is 0. The van der Waals surface area contributed by atoms with Crippen LogP contribution in [-0.4, -0.2) is 51.3 Å². The van der Waals surface area contributed by atoms with Crippen LogP contribution in [-0.2, 0) is 4.74 Å². The third kappa shape index (κ3) is 9.96. The van der Waals surface area contributed by atoms with E-state index in [0.29, 0.717) is 0 Å². The van der Waals surface area contributed by atoms with Gasteiger partial charge in [0.15, 0.2) is 0 Å². The first-order chi connectivity index (χ1) is 6.81. The van der Waals surface area contributed by atoms with E-state index in [1.807, 2.05) is 0 Å². The summed E-state index contributed by atoms with van der Waals surface area (Å²) in [5.41, 5.74) is 0. The summed E-state index contributed by atoms with van der Waals surface area (Å²) >= 11 is 0. The number of nitrogens with one attached hydrogen (secondary N) is 1. The van der Waals surface area contributed by atoms with Crippen LogP contribution in [0.25, 0.3) is 0 Å². The number of hydrogen-bond donors (Lipinski definition) is 1. The van der Waals surface area contributed by atoms with Crippen LogP contribution in [0.15, 0.2) is 0 Å². The molecule has 0 fully saturated rings. The number of ether oxygens (including phenoxy) is 1. The zero-order chi connectivity index (χ0) is 10.6. The van der Waals surface area contributed by atoms with Crippen LogP contribution in [0.3, 0.4) is 0 Å². The fraction of sp³-hybridized carbons (Fsp3) is 1.00. The van der Waals surface area contributed by atoms with Crippen molar-refractivity contribution in [1.29, 1.82) is 0 Å².